The van der Waals surface area contributed by atoms with Crippen LogP contribution in [0.2, 0.25) is 0 Å². The van der Waals surface area contributed by atoms with Crippen molar-refractivity contribution in [3.05, 3.63) is 0 Å². The van der Waals surface area contributed by atoms with E-state index < -0.39 is 24.0 Å². The second-order valence-corrected chi connectivity index (χ2v) is 4.40. The number of carbonyl (C=O) groups is 1. The second kappa shape index (κ2) is 3.73. The van der Waals surface area contributed by atoms with Gasteiger partial charge in [-0.25, -0.2) is 0 Å². The number of carboxylic acid groups (broad SMARTS) is 1. The predicted octanol–water partition coefficient (Wildman–Crippen LogP) is 0.506. The van der Waals surface area contributed by atoms with Gasteiger partial charge in [-0.2, -0.15) is 0 Å². The minimum Gasteiger partial charge on any atom is -0.481 e. The van der Waals surface area contributed by atoms with Gasteiger partial charge in [0, 0.05) is 12.8 Å². The molecule has 4 unspecified atom stereocenters. The van der Waals surface area contributed by atoms with Crippen LogP contribution < -0.4 is 0 Å². The Morgan fingerprint density at radius 3 is 2.80 bits per heavy atom. The molecule has 2 heterocycles. The average molecular weight is 216 g/mol. The van der Waals surface area contributed by atoms with Gasteiger partial charge in [-0.15, -0.1) is 0 Å². The van der Waals surface area contributed by atoms with Gasteiger partial charge in [0.05, 0.1) is 24.7 Å². The summed E-state index contributed by atoms with van der Waals surface area (Å²) >= 11 is 0. The zero-order valence-corrected chi connectivity index (χ0v) is 8.68. The lowest BCUT2D eigenvalue weighted by molar-refractivity contribution is -0.215. The average Bonchev–Trinajstić information content (AvgIpc) is 2.58. The van der Waals surface area contributed by atoms with Gasteiger partial charge >= 0.3 is 5.97 Å². The van der Waals surface area contributed by atoms with Crippen molar-refractivity contribution in [3.63, 3.8) is 0 Å². The minimum atomic E-state index is -0.956. The fraction of sp³-hybridized carbons (Fsp3) is 0.900. The molecule has 86 valence electrons. The Kier molecular flexibility index (Phi) is 2.70. The number of hydrogen-bond donors (Lipinski definition) is 2. The zero-order chi connectivity index (χ0) is 11.1. The molecule has 5 nitrogen and oxygen atoms in total. The van der Waals surface area contributed by atoms with Crippen molar-refractivity contribution in [2.75, 3.05) is 0 Å². The number of aliphatic carboxylic acids is 1. The van der Waals surface area contributed by atoms with Crippen LogP contribution >= 0.6 is 0 Å². The van der Waals surface area contributed by atoms with E-state index in [1.165, 1.54) is 0 Å². The molecule has 0 saturated carbocycles. The second-order valence-electron chi connectivity index (χ2n) is 4.40. The maximum atomic E-state index is 10.5. The van der Waals surface area contributed by atoms with Crippen molar-refractivity contribution in [3.8, 4) is 0 Å². The van der Waals surface area contributed by atoms with E-state index in [1.54, 1.807) is 0 Å². The molecular weight excluding hydrogens is 200 g/mol. The third kappa shape index (κ3) is 2.14. The molecule has 4 atom stereocenters. The smallest absolute Gasteiger partial charge is 0.306 e. The molecule has 2 rings (SSSR count). The highest BCUT2D eigenvalue weighted by atomic mass is 16.7. The Hall–Kier alpha value is -0.650. The van der Waals surface area contributed by atoms with Crippen LogP contribution in [0.15, 0.2) is 0 Å². The molecule has 0 bridgehead atoms. The summed E-state index contributed by atoms with van der Waals surface area (Å²) in [5.74, 6) is -1.68. The molecule has 0 aromatic carbocycles. The first-order chi connectivity index (χ1) is 7.01. The van der Waals surface area contributed by atoms with Crippen molar-refractivity contribution in [2.45, 2.75) is 56.7 Å². The van der Waals surface area contributed by atoms with Gasteiger partial charge in [0.2, 0.25) is 0 Å². The summed E-state index contributed by atoms with van der Waals surface area (Å²) in [6.07, 6.45) is 0.615. The van der Waals surface area contributed by atoms with Gasteiger partial charge in [-0.3, -0.25) is 4.79 Å². The molecule has 2 fully saturated rings. The number of aliphatic hydroxyl groups excluding tert-OH is 1. The van der Waals surface area contributed by atoms with Crippen LogP contribution in [0, 0.1) is 0 Å². The van der Waals surface area contributed by atoms with Crippen molar-refractivity contribution < 1.29 is 24.5 Å². The normalized spacial score (nSPS) is 45.1. The van der Waals surface area contributed by atoms with Crippen LogP contribution in [-0.4, -0.2) is 40.3 Å². The van der Waals surface area contributed by atoms with E-state index in [9.17, 15) is 9.90 Å². The minimum absolute atomic E-state index is 0.126. The molecule has 2 aliphatic rings. The van der Waals surface area contributed by atoms with Crippen molar-refractivity contribution in [2.24, 2.45) is 0 Å². The predicted molar refractivity (Wildman–Crippen MR) is 50.3 cm³/mol. The summed E-state index contributed by atoms with van der Waals surface area (Å²) in [7, 11) is 0. The van der Waals surface area contributed by atoms with Crippen LogP contribution in [0.25, 0.3) is 0 Å². The molecule has 0 amide bonds. The number of rotatable bonds is 2. The Morgan fingerprint density at radius 1 is 1.53 bits per heavy atom. The summed E-state index contributed by atoms with van der Waals surface area (Å²) in [5, 5.41) is 18.3. The highest BCUT2D eigenvalue weighted by molar-refractivity contribution is 5.67. The molecule has 2 aliphatic heterocycles. The van der Waals surface area contributed by atoms with Gasteiger partial charge in [0.15, 0.2) is 5.79 Å². The van der Waals surface area contributed by atoms with E-state index in [0.29, 0.717) is 6.42 Å². The molecule has 0 aromatic rings. The molecule has 0 radical (unpaired) electrons. The van der Waals surface area contributed by atoms with E-state index in [1.807, 2.05) is 6.92 Å². The maximum absolute atomic E-state index is 10.5. The van der Waals surface area contributed by atoms with Crippen LogP contribution in [0.4, 0.5) is 0 Å². The fourth-order valence-electron chi connectivity index (χ4n) is 2.35. The van der Waals surface area contributed by atoms with E-state index in [4.69, 9.17) is 14.6 Å². The lowest BCUT2D eigenvalue weighted by Crippen LogP contribution is -2.29. The first-order valence-electron chi connectivity index (χ1n) is 5.26. The summed E-state index contributed by atoms with van der Waals surface area (Å²) in [4.78, 5) is 10.5. The van der Waals surface area contributed by atoms with Gasteiger partial charge in [-0.1, -0.05) is 0 Å². The van der Waals surface area contributed by atoms with Crippen molar-refractivity contribution >= 4 is 5.97 Å². The molecule has 15 heavy (non-hydrogen) atoms. The number of aliphatic hydroxyl groups is 1. The lowest BCUT2D eigenvalue weighted by atomic mass is 10.0. The maximum Gasteiger partial charge on any atom is 0.306 e. The first-order valence-corrected chi connectivity index (χ1v) is 5.26. The summed E-state index contributed by atoms with van der Waals surface area (Å²) in [6.45, 7) is 1.95. The topological polar surface area (TPSA) is 76.0 Å². The standard InChI is InChI=1S/C10H16O5/c1-6-2-3-10(14-6)5-7(11)8(15-10)4-9(12)13/h6-8,11H,2-5H2,1H3,(H,12,13). The van der Waals surface area contributed by atoms with E-state index in [2.05, 4.69) is 0 Å². The van der Waals surface area contributed by atoms with E-state index in [0.717, 1.165) is 12.8 Å². The molecule has 0 aromatic heterocycles. The molecule has 2 saturated heterocycles. The Labute approximate surface area is 88.0 Å². The highest BCUT2D eigenvalue weighted by Crippen LogP contribution is 2.42. The number of carboxylic acids is 1. The molecule has 0 aliphatic carbocycles. The Balaban J connectivity index is 2.00. The zero-order valence-electron chi connectivity index (χ0n) is 8.68. The molecule has 5 heteroatoms. The molecule has 2 N–H and O–H groups in total. The van der Waals surface area contributed by atoms with Gasteiger partial charge in [0.1, 0.15) is 0 Å². The van der Waals surface area contributed by atoms with Crippen LogP contribution in [0.5, 0.6) is 0 Å². The Bertz CT molecular complexity index is 267. The third-order valence-corrected chi connectivity index (χ3v) is 3.04. The fourth-order valence-corrected chi connectivity index (χ4v) is 2.35. The van der Waals surface area contributed by atoms with E-state index >= 15 is 0 Å². The Morgan fingerprint density at radius 2 is 2.27 bits per heavy atom. The monoisotopic (exact) mass is 216 g/mol. The number of hydrogen-bond acceptors (Lipinski definition) is 4. The van der Waals surface area contributed by atoms with Crippen molar-refractivity contribution in [1.29, 1.82) is 0 Å². The molecule has 1 spiro atoms. The van der Waals surface area contributed by atoms with Crippen LogP contribution in [0.1, 0.15) is 32.6 Å². The first kappa shape index (κ1) is 10.9. The summed E-state index contributed by atoms with van der Waals surface area (Å²) < 4.78 is 11.2. The van der Waals surface area contributed by atoms with Crippen molar-refractivity contribution in [1.82, 2.24) is 0 Å². The SMILES string of the molecule is CC1CCC2(CC(O)C(CC(=O)O)O2)O1. The molecular formula is C10H16O5. The summed E-state index contributed by atoms with van der Waals surface area (Å²) in [5.41, 5.74) is 0. The lowest BCUT2D eigenvalue weighted by Gasteiger charge is -2.23. The highest BCUT2D eigenvalue weighted by Gasteiger charge is 2.50. The van der Waals surface area contributed by atoms with Crippen LogP contribution in [-0.2, 0) is 14.3 Å². The largest absolute Gasteiger partial charge is 0.481 e. The van der Waals surface area contributed by atoms with Crippen LogP contribution in [0.3, 0.4) is 0 Å². The quantitative estimate of drug-likeness (QED) is 0.703. The van der Waals surface area contributed by atoms with Gasteiger partial charge in [-0.05, 0) is 13.3 Å². The third-order valence-electron chi connectivity index (χ3n) is 3.04. The van der Waals surface area contributed by atoms with E-state index in [-0.39, 0.29) is 12.5 Å². The summed E-state index contributed by atoms with van der Waals surface area (Å²) in [6, 6.07) is 0. The van der Waals surface area contributed by atoms with Gasteiger partial charge < -0.3 is 19.7 Å². The number of ether oxygens (including phenoxy) is 2. The van der Waals surface area contributed by atoms with Gasteiger partial charge in [0.25, 0.3) is 0 Å².